The van der Waals surface area contributed by atoms with E-state index in [-0.39, 0.29) is 5.41 Å². The lowest BCUT2D eigenvalue weighted by molar-refractivity contribution is 0.143. The lowest BCUT2D eigenvalue weighted by Gasteiger charge is -2.33. The van der Waals surface area contributed by atoms with Gasteiger partial charge in [0.15, 0.2) is 0 Å². The molecule has 0 spiro atoms. The molecule has 1 nitrogen and oxygen atoms in total. The molecule has 0 atom stereocenters. The maximum Gasteiger partial charge on any atom is 0.129 e. The van der Waals surface area contributed by atoms with E-state index in [4.69, 9.17) is 0 Å². The van der Waals surface area contributed by atoms with Gasteiger partial charge in [0.05, 0.1) is 0 Å². The minimum atomic E-state index is -1.40. The van der Waals surface area contributed by atoms with Gasteiger partial charge in [-0.05, 0) is 109 Å². The van der Waals surface area contributed by atoms with Gasteiger partial charge >= 0.3 is 0 Å². The average Bonchev–Trinajstić information content (AvgIpc) is 3.37. The molecule has 2 heteroatoms. The van der Waals surface area contributed by atoms with Crippen LogP contribution in [0.3, 0.4) is 0 Å². The summed E-state index contributed by atoms with van der Waals surface area (Å²) in [6.07, 6.45) is 12.2. The molecule has 5 rings (SSSR count). The second kappa shape index (κ2) is 16.8. The molecule has 0 heterocycles. The summed E-state index contributed by atoms with van der Waals surface area (Å²) in [5.41, 5.74) is 14.4. The van der Waals surface area contributed by atoms with E-state index in [1.165, 1.54) is 84.7 Å². The van der Waals surface area contributed by atoms with Gasteiger partial charge in [-0.2, -0.15) is 0 Å². The van der Waals surface area contributed by atoms with Crippen molar-refractivity contribution in [3.05, 3.63) is 118 Å². The summed E-state index contributed by atoms with van der Waals surface area (Å²) in [6.45, 7) is 14.9. The smallest absolute Gasteiger partial charge is 0.129 e. The molecule has 1 aliphatic rings. The molecule has 4 aromatic rings. The maximum atomic E-state index is 10.3. The van der Waals surface area contributed by atoms with Crippen molar-refractivity contribution < 1.29 is 5.11 Å². The monoisotopic (exact) mass is 688 g/mol. The summed E-state index contributed by atoms with van der Waals surface area (Å²) in [5, 5.41) is 10.3. The predicted molar refractivity (Wildman–Crippen MR) is 221 cm³/mol. The zero-order valence-corrected chi connectivity index (χ0v) is 33.1. The van der Waals surface area contributed by atoms with E-state index in [1.54, 1.807) is 13.8 Å². The number of benzene rings is 4. The Balaban J connectivity index is 1.47. The molecule has 0 amide bonds. The SMILES string of the molecule is CCCCCCC1(CCCCCC)c2cc(C#Cc3ccc(-c4ccc(C#C[Si](C)(C)C)cc4)cc3)ccc2-c2ccc(C#CC(C)(C)O)cc21. The first-order valence-corrected chi connectivity index (χ1v) is 22.7. The van der Waals surface area contributed by atoms with E-state index in [2.05, 4.69) is 154 Å². The van der Waals surface area contributed by atoms with Crippen LogP contribution in [-0.2, 0) is 5.41 Å². The predicted octanol–water partition coefficient (Wildman–Crippen LogP) is 12.3. The molecule has 0 aromatic heterocycles. The molecule has 0 saturated carbocycles. The van der Waals surface area contributed by atoms with Crippen molar-refractivity contribution in [2.24, 2.45) is 0 Å². The largest absolute Gasteiger partial charge is 0.378 e. The molecule has 51 heavy (non-hydrogen) atoms. The number of unbranched alkanes of at least 4 members (excludes halogenated alkanes) is 6. The van der Waals surface area contributed by atoms with Crippen molar-refractivity contribution in [2.45, 2.75) is 123 Å². The zero-order valence-electron chi connectivity index (χ0n) is 32.1. The van der Waals surface area contributed by atoms with Crippen molar-refractivity contribution >= 4 is 8.07 Å². The van der Waals surface area contributed by atoms with Crippen LogP contribution in [0, 0.1) is 35.1 Å². The van der Waals surface area contributed by atoms with Crippen LogP contribution in [0.2, 0.25) is 19.6 Å². The quantitative estimate of drug-likeness (QED) is 0.0945. The molecule has 0 radical (unpaired) electrons. The number of aliphatic hydroxyl groups is 1. The lowest BCUT2D eigenvalue weighted by atomic mass is 9.70. The fraction of sp³-hybridized carbons (Fsp3) is 0.388. The molecule has 1 aliphatic carbocycles. The van der Waals surface area contributed by atoms with Crippen LogP contribution in [-0.4, -0.2) is 18.8 Å². The van der Waals surface area contributed by atoms with Crippen LogP contribution in [0.1, 0.15) is 125 Å². The summed E-state index contributed by atoms with van der Waals surface area (Å²) in [4.78, 5) is 0. The maximum absolute atomic E-state index is 10.3. The van der Waals surface area contributed by atoms with Gasteiger partial charge in [-0.25, -0.2) is 0 Å². The highest BCUT2D eigenvalue weighted by molar-refractivity contribution is 6.83. The van der Waals surface area contributed by atoms with E-state index in [0.29, 0.717) is 0 Å². The van der Waals surface area contributed by atoms with Crippen molar-refractivity contribution in [1.29, 1.82) is 0 Å². The van der Waals surface area contributed by atoms with Crippen molar-refractivity contribution in [1.82, 2.24) is 0 Å². The van der Waals surface area contributed by atoms with E-state index in [0.717, 1.165) is 35.1 Å². The lowest BCUT2D eigenvalue weighted by Crippen LogP contribution is -2.26. The minimum absolute atomic E-state index is 0.0618. The first-order chi connectivity index (χ1) is 24.4. The minimum Gasteiger partial charge on any atom is -0.378 e. The van der Waals surface area contributed by atoms with Crippen molar-refractivity contribution in [3.8, 4) is 57.4 Å². The molecule has 262 valence electrons. The van der Waals surface area contributed by atoms with Crippen LogP contribution in [0.5, 0.6) is 0 Å². The number of fused-ring (bicyclic) bond motifs is 3. The highest BCUT2D eigenvalue weighted by Crippen LogP contribution is 2.54. The van der Waals surface area contributed by atoms with E-state index >= 15 is 0 Å². The highest BCUT2D eigenvalue weighted by Gasteiger charge is 2.42. The second-order valence-electron chi connectivity index (χ2n) is 15.9. The molecule has 0 aliphatic heterocycles. The third-order valence-electron chi connectivity index (χ3n) is 9.82. The Bertz CT molecular complexity index is 1970. The molecular formula is C49H56OSi. The molecule has 0 bridgehead atoms. The highest BCUT2D eigenvalue weighted by atomic mass is 28.3. The van der Waals surface area contributed by atoms with Crippen molar-refractivity contribution in [3.63, 3.8) is 0 Å². The molecular weight excluding hydrogens is 633 g/mol. The standard InChI is InChI=1S/C49H56OSi/c1-8-10-12-14-32-49(33-15-13-11-9-2)46-36-40(22-28-44(46)45-29-23-41(37-47(45)49)30-34-48(3,4)50)17-16-38-18-24-42(25-19-38)43-26-20-39(21-27-43)31-35-51(5,6)7/h18-29,36-37,50H,8-15,32-33H2,1-7H3. The van der Waals surface area contributed by atoms with Gasteiger partial charge in [-0.3, -0.25) is 0 Å². The Hall–Kier alpha value is -4.26. The van der Waals surface area contributed by atoms with Gasteiger partial charge in [0.2, 0.25) is 0 Å². The number of hydrogen-bond donors (Lipinski definition) is 1. The van der Waals surface area contributed by atoms with E-state index < -0.39 is 13.7 Å². The van der Waals surface area contributed by atoms with Crippen LogP contribution in [0.15, 0.2) is 84.9 Å². The Morgan fingerprint density at radius 1 is 0.549 bits per heavy atom. The van der Waals surface area contributed by atoms with Gasteiger partial charge in [-0.15, -0.1) is 5.54 Å². The topological polar surface area (TPSA) is 20.2 Å². The molecule has 0 fully saturated rings. The van der Waals surface area contributed by atoms with Gasteiger partial charge in [-0.1, -0.05) is 151 Å². The van der Waals surface area contributed by atoms with Crippen molar-refractivity contribution in [2.75, 3.05) is 0 Å². The van der Waals surface area contributed by atoms with E-state index in [1.807, 2.05) is 0 Å². The van der Waals surface area contributed by atoms with E-state index in [9.17, 15) is 5.11 Å². The van der Waals surface area contributed by atoms with Gasteiger partial charge < -0.3 is 5.11 Å². The normalized spacial score (nSPS) is 12.8. The summed E-state index contributed by atoms with van der Waals surface area (Å²) in [5.74, 6) is 16.7. The Morgan fingerprint density at radius 3 is 1.43 bits per heavy atom. The van der Waals surface area contributed by atoms with Crippen LogP contribution < -0.4 is 0 Å². The third-order valence-corrected chi connectivity index (χ3v) is 10.7. The zero-order chi connectivity index (χ0) is 36.5. The fourth-order valence-corrected chi connectivity index (χ4v) is 7.66. The van der Waals surface area contributed by atoms with Crippen LogP contribution in [0.25, 0.3) is 22.3 Å². The van der Waals surface area contributed by atoms with Gasteiger partial charge in [0.25, 0.3) is 0 Å². The van der Waals surface area contributed by atoms with Crippen LogP contribution in [0.4, 0.5) is 0 Å². The Labute approximate surface area is 310 Å². The summed E-state index contributed by atoms with van der Waals surface area (Å²) in [7, 11) is -1.40. The van der Waals surface area contributed by atoms with Crippen LogP contribution >= 0.6 is 0 Å². The molecule has 4 aromatic carbocycles. The molecule has 0 unspecified atom stereocenters. The third kappa shape index (κ3) is 10.2. The Kier molecular flexibility index (Phi) is 12.5. The summed E-state index contributed by atoms with van der Waals surface area (Å²) < 4.78 is 0. The molecule has 1 N–H and O–H groups in total. The van der Waals surface area contributed by atoms with Gasteiger partial charge in [0, 0.05) is 27.7 Å². The number of rotatable bonds is 11. The first kappa shape index (κ1) is 38.0. The number of hydrogen-bond acceptors (Lipinski definition) is 1. The summed E-state index contributed by atoms with van der Waals surface area (Å²) >= 11 is 0. The molecule has 0 saturated heterocycles. The second-order valence-corrected chi connectivity index (χ2v) is 20.7. The first-order valence-electron chi connectivity index (χ1n) is 19.2. The Morgan fingerprint density at radius 2 is 0.980 bits per heavy atom. The summed E-state index contributed by atoms with van der Waals surface area (Å²) in [6, 6.07) is 30.8. The average molecular weight is 689 g/mol. The fourth-order valence-electron chi connectivity index (χ4n) is 7.14. The van der Waals surface area contributed by atoms with Gasteiger partial charge in [0.1, 0.15) is 13.7 Å².